The van der Waals surface area contributed by atoms with Gasteiger partial charge in [0.2, 0.25) is 0 Å². The highest BCUT2D eigenvalue weighted by Crippen LogP contribution is 2.16. The molecular weight excluding hydrogens is 180 g/mol. The number of carboxylic acid groups (broad SMARTS) is 1. The maximum atomic E-state index is 10.9. The van der Waals surface area contributed by atoms with Crippen molar-refractivity contribution in [2.24, 2.45) is 11.1 Å². The highest BCUT2D eigenvalue weighted by Gasteiger charge is 2.25. The van der Waals surface area contributed by atoms with Crippen LogP contribution in [0.25, 0.3) is 0 Å². The van der Waals surface area contributed by atoms with Gasteiger partial charge in [-0.3, -0.25) is 9.69 Å². The summed E-state index contributed by atoms with van der Waals surface area (Å²) in [6.07, 6.45) is 0.502. The van der Waals surface area contributed by atoms with Gasteiger partial charge in [0.15, 0.2) is 0 Å². The average molecular weight is 202 g/mol. The normalized spacial score (nSPS) is 14.4. The van der Waals surface area contributed by atoms with Crippen molar-refractivity contribution in [2.75, 3.05) is 20.1 Å². The van der Waals surface area contributed by atoms with E-state index >= 15 is 0 Å². The van der Waals surface area contributed by atoms with Crippen LogP contribution in [-0.2, 0) is 4.79 Å². The van der Waals surface area contributed by atoms with Crippen LogP contribution < -0.4 is 5.73 Å². The Kier molecular flexibility index (Phi) is 5.08. The third-order valence-corrected chi connectivity index (χ3v) is 1.98. The fourth-order valence-corrected chi connectivity index (χ4v) is 1.55. The summed E-state index contributed by atoms with van der Waals surface area (Å²) in [7, 11) is 1.83. The first kappa shape index (κ1) is 13.4. The molecule has 14 heavy (non-hydrogen) atoms. The molecule has 0 rings (SSSR count). The Morgan fingerprint density at radius 1 is 1.50 bits per heavy atom. The molecule has 0 bridgehead atoms. The Bertz CT molecular complexity index is 187. The lowest BCUT2D eigenvalue weighted by atomic mass is 9.95. The van der Waals surface area contributed by atoms with Gasteiger partial charge in [-0.25, -0.2) is 0 Å². The summed E-state index contributed by atoms with van der Waals surface area (Å²) in [6.45, 7) is 7.43. The van der Waals surface area contributed by atoms with E-state index in [2.05, 4.69) is 20.8 Å². The molecule has 0 aromatic carbocycles. The second kappa shape index (κ2) is 5.32. The van der Waals surface area contributed by atoms with Gasteiger partial charge in [0, 0.05) is 6.54 Å². The number of nitrogens with two attached hydrogens (primary N) is 1. The van der Waals surface area contributed by atoms with Crippen molar-refractivity contribution in [3.05, 3.63) is 0 Å². The molecule has 84 valence electrons. The minimum atomic E-state index is -0.790. The lowest BCUT2D eigenvalue weighted by molar-refractivity contribution is -0.143. The van der Waals surface area contributed by atoms with E-state index < -0.39 is 12.0 Å². The van der Waals surface area contributed by atoms with E-state index in [4.69, 9.17) is 10.8 Å². The number of hydrogen-bond donors (Lipinski definition) is 2. The van der Waals surface area contributed by atoms with E-state index in [0.29, 0.717) is 13.0 Å². The van der Waals surface area contributed by atoms with Crippen LogP contribution in [0.15, 0.2) is 0 Å². The summed E-state index contributed by atoms with van der Waals surface area (Å²) in [5, 5.41) is 8.97. The quantitative estimate of drug-likeness (QED) is 0.691. The summed E-state index contributed by atoms with van der Waals surface area (Å²) >= 11 is 0. The van der Waals surface area contributed by atoms with E-state index in [0.717, 1.165) is 6.54 Å². The summed E-state index contributed by atoms with van der Waals surface area (Å²) in [4.78, 5) is 12.8. The number of carbonyl (C=O) groups is 1. The summed E-state index contributed by atoms with van der Waals surface area (Å²) in [6, 6.07) is -0.459. The average Bonchev–Trinajstić information content (AvgIpc) is 1.95. The first-order chi connectivity index (χ1) is 6.28. The molecule has 0 spiro atoms. The molecular formula is C10H22N2O2. The molecule has 3 N–H and O–H groups in total. The molecule has 1 atom stereocenters. The molecule has 0 heterocycles. The van der Waals surface area contributed by atoms with Crippen LogP contribution in [0.4, 0.5) is 0 Å². The molecule has 0 saturated heterocycles. The zero-order valence-corrected chi connectivity index (χ0v) is 9.58. The molecule has 0 aromatic rings. The lowest BCUT2D eigenvalue weighted by Gasteiger charge is -2.30. The van der Waals surface area contributed by atoms with Crippen LogP contribution in [0.3, 0.4) is 0 Å². The van der Waals surface area contributed by atoms with Crippen LogP contribution in [-0.4, -0.2) is 42.2 Å². The predicted octanol–water partition coefficient (Wildman–Crippen LogP) is 0.766. The fourth-order valence-electron chi connectivity index (χ4n) is 1.55. The fraction of sp³-hybridized carbons (Fsp3) is 0.900. The minimum Gasteiger partial charge on any atom is -0.480 e. The third kappa shape index (κ3) is 5.19. The second-order valence-electron chi connectivity index (χ2n) is 4.91. The maximum absolute atomic E-state index is 10.9. The molecule has 0 aliphatic rings. The SMILES string of the molecule is CN(CC(C)(C)C)C(CCN)C(=O)O. The molecule has 0 aromatic heterocycles. The van der Waals surface area contributed by atoms with Crippen LogP contribution in [0.2, 0.25) is 0 Å². The molecule has 1 unspecified atom stereocenters. The lowest BCUT2D eigenvalue weighted by Crippen LogP contribution is -2.43. The van der Waals surface area contributed by atoms with Gasteiger partial charge in [-0.1, -0.05) is 20.8 Å². The Morgan fingerprint density at radius 3 is 2.29 bits per heavy atom. The Morgan fingerprint density at radius 2 is 2.00 bits per heavy atom. The molecule has 0 amide bonds. The molecule has 4 heteroatoms. The van der Waals surface area contributed by atoms with Crippen LogP contribution in [0.5, 0.6) is 0 Å². The first-order valence-corrected chi connectivity index (χ1v) is 4.91. The van der Waals surface area contributed by atoms with Crippen LogP contribution >= 0.6 is 0 Å². The highest BCUT2D eigenvalue weighted by molar-refractivity contribution is 5.73. The maximum Gasteiger partial charge on any atom is 0.320 e. The van der Waals surface area contributed by atoms with Gasteiger partial charge < -0.3 is 10.8 Å². The molecule has 0 radical (unpaired) electrons. The van der Waals surface area contributed by atoms with E-state index in [1.54, 1.807) is 0 Å². The van der Waals surface area contributed by atoms with Crippen molar-refractivity contribution in [1.29, 1.82) is 0 Å². The molecule has 4 nitrogen and oxygen atoms in total. The predicted molar refractivity (Wildman–Crippen MR) is 57.2 cm³/mol. The van der Waals surface area contributed by atoms with Crippen molar-refractivity contribution < 1.29 is 9.90 Å². The van der Waals surface area contributed by atoms with Crippen molar-refractivity contribution in [1.82, 2.24) is 4.90 Å². The Balaban J connectivity index is 4.29. The zero-order chi connectivity index (χ0) is 11.4. The molecule has 0 aliphatic carbocycles. The molecule has 0 aliphatic heterocycles. The van der Waals surface area contributed by atoms with E-state index in [1.165, 1.54) is 0 Å². The Hall–Kier alpha value is -0.610. The number of carboxylic acids is 1. The van der Waals surface area contributed by atoms with Gasteiger partial charge in [-0.2, -0.15) is 0 Å². The van der Waals surface area contributed by atoms with Crippen molar-refractivity contribution in [3.8, 4) is 0 Å². The second-order valence-corrected chi connectivity index (χ2v) is 4.91. The number of likely N-dealkylation sites (N-methyl/N-ethyl adjacent to an activating group) is 1. The van der Waals surface area contributed by atoms with Crippen molar-refractivity contribution >= 4 is 5.97 Å². The number of hydrogen-bond acceptors (Lipinski definition) is 3. The van der Waals surface area contributed by atoms with Gasteiger partial charge in [-0.15, -0.1) is 0 Å². The van der Waals surface area contributed by atoms with Crippen molar-refractivity contribution in [3.63, 3.8) is 0 Å². The van der Waals surface area contributed by atoms with Crippen molar-refractivity contribution in [2.45, 2.75) is 33.2 Å². The summed E-state index contributed by atoms with van der Waals surface area (Å²) in [5.41, 5.74) is 5.49. The monoisotopic (exact) mass is 202 g/mol. The van der Waals surface area contributed by atoms with Gasteiger partial charge in [-0.05, 0) is 25.4 Å². The van der Waals surface area contributed by atoms with Crippen LogP contribution in [0, 0.1) is 5.41 Å². The van der Waals surface area contributed by atoms with E-state index in [9.17, 15) is 4.79 Å². The summed E-state index contributed by atoms with van der Waals surface area (Å²) in [5.74, 6) is -0.790. The van der Waals surface area contributed by atoms with E-state index in [-0.39, 0.29) is 5.41 Å². The Labute approximate surface area is 86.1 Å². The largest absolute Gasteiger partial charge is 0.480 e. The first-order valence-electron chi connectivity index (χ1n) is 4.91. The summed E-state index contributed by atoms with van der Waals surface area (Å²) < 4.78 is 0. The van der Waals surface area contributed by atoms with Gasteiger partial charge in [0.05, 0.1) is 0 Å². The standard InChI is InChI=1S/C10H22N2O2/c1-10(2,3)7-12(4)8(5-6-11)9(13)14/h8H,5-7,11H2,1-4H3,(H,13,14). The smallest absolute Gasteiger partial charge is 0.320 e. The minimum absolute atomic E-state index is 0.108. The van der Waals surface area contributed by atoms with Crippen LogP contribution in [0.1, 0.15) is 27.2 Å². The van der Waals surface area contributed by atoms with E-state index in [1.807, 2.05) is 11.9 Å². The third-order valence-electron chi connectivity index (χ3n) is 1.98. The highest BCUT2D eigenvalue weighted by atomic mass is 16.4. The van der Waals surface area contributed by atoms with Gasteiger partial charge >= 0.3 is 5.97 Å². The topological polar surface area (TPSA) is 66.6 Å². The number of nitrogens with zero attached hydrogens (tertiary/aromatic N) is 1. The molecule has 0 fully saturated rings. The zero-order valence-electron chi connectivity index (χ0n) is 9.58. The van der Waals surface area contributed by atoms with Gasteiger partial charge in [0.25, 0.3) is 0 Å². The van der Waals surface area contributed by atoms with Gasteiger partial charge in [0.1, 0.15) is 6.04 Å². The number of rotatable bonds is 5. The molecule has 0 saturated carbocycles. The number of aliphatic carboxylic acids is 1.